The molecule has 0 aliphatic rings. The molecule has 0 bridgehead atoms. The van der Waals surface area contributed by atoms with Gasteiger partial charge in [-0.3, -0.25) is 4.79 Å². The van der Waals surface area contributed by atoms with Gasteiger partial charge in [0.1, 0.15) is 12.4 Å². The Labute approximate surface area is 97.5 Å². The van der Waals surface area contributed by atoms with Crippen LogP contribution in [-0.2, 0) is 4.79 Å². The van der Waals surface area contributed by atoms with E-state index in [2.05, 4.69) is 9.97 Å². The van der Waals surface area contributed by atoms with E-state index in [9.17, 15) is 4.79 Å². The number of aliphatic carboxylic acids is 1. The third kappa shape index (κ3) is 2.60. The maximum atomic E-state index is 10.6. The zero-order chi connectivity index (χ0) is 12.3. The molecule has 6 heteroatoms. The molecule has 88 valence electrons. The quantitative estimate of drug-likeness (QED) is 0.856. The fraction of sp³-hybridized carbons (Fsp3) is 0.182. The van der Waals surface area contributed by atoms with Crippen molar-refractivity contribution >= 4 is 11.8 Å². The number of hydrogen-bond donors (Lipinski definition) is 1. The van der Waals surface area contributed by atoms with Crippen molar-refractivity contribution in [3.05, 3.63) is 30.7 Å². The molecule has 2 heterocycles. The number of anilines is 1. The Morgan fingerprint density at radius 2 is 2.35 bits per heavy atom. The lowest BCUT2D eigenvalue weighted by Gasteiger charge is -2.15. The molecule has 0 spiro atoms. The van der Waals surface area contributed by atoms with Crippen LogP contribution in [-0.4, -0.2) is 34.6 Å². The van der Waals surface area contributed by atoms with Gasteiger partial charge in [0.25, 0.3) is 0 Å². The molecule has 0 aliphatic heterocycles. The first-order valence-electron chi connectivity index (χ1n) is 4.96. The minimum Gasteiger partial charge on any atom is -0.480 e. The largest absolute Gasteiger partial charge is 0.480 e. The highest BCUT2D eigenvalue weighted by Gasteiger charge is 2.10. The Bertz CT molecular complexity index is 510. The first kappa shape index (κ1) is 11.1. The predicted octanol–water partition coefficient (Wildman–Crippen LogP) is 1.26. The second-order valence-electron chi connectivity index (χ2n) is 3.47. The molecule has 0 atom stereocenters. The maximum Gasteiger partial charge on any atom is 0.323 e. The molecule has 0 aromatic carbocycles. The summed E-state index contributed by atoms with van der Waals surface area (Å²) in [5, 5.41) is 8.69. The van der Waals surface area contributed by atoms with E-state index < -0.39 is 5.97 Å². The zero-order valence-electron chi connectivity index (χ0n) is 9.20. The molecule has 6 nitrogen and oxygen atoms in total. The Morgan fingerprint density at radius 3 is 3.00 bits per heavy atom. The lowest BCUT2D eigenvalue weighted by atomic mass is 10.4. The molecule has 0 unspecified atom stereocenters. The molecule has 0 amide bonds. The van der Waals surface area contributed by atoms with Gasteiger partial charge in [-0.25, -0.2) is 9.97 Å². The summed E-state index contributed by atoms with van der Waals surface area (Å²) in [5.74, 6) is 0.611. The Hall–Kier alpha value is -2.37. The molecule has 17 heavy (non-hydrogen) atoms. The highest BCUT2D eigenvalue weighted by Crippen LogP contribution is 2.17. The van der Waals surface area contributed by atoms with Gasteiger partial charge in [-0.15, -0.1) is 0 Å². The molecule has 2 aromatic rings. The summed E-state index contributed by atoms with van der Waals surface area (Å²) in [6.45, 7) is -0.116. The van der Waals surface area contributed by atoms with Crippen molar-refractivity contribution in [3.8, 4) is 11.6 Å². The third-order valence-corrected chi connectivity index (χ3v) is 2.15. The van der Waals surface area contributed by atoms with Gasteiger partial charge in [0.05, 0.1) is 6.26 Å². The van der Waals surface area contributed by atoms with Gasteiger partial charge in [-0.1, -0.05) is 0 Å². The number of rotatable bonds is 4. The molecule has 0 aliphatic carbocycles. The van der Waals surface area contributed by atoms with Crippen LogP contribution in [0.25, 0.3) is 11.6 Å². The first-order valence-corrected chi connectivity index (χ1v) is 4.96. The summed E-state index contributed by atoms with van der Waals surface area (Å²) >= 11 is 0. The molecule has 0 saturated carbocycles. The number of likely N-dealkylation sites (N-methyl/N-ethyl adjacent to an activating group) is 1. The van der Waals surface area contributed by atoms with Crippen LogP contribution in [0.1, 0.15) is 0 Å². The Kier molecular flexibility index (Phi) is 3.04. The highest BCUT2D eigenvalue weighted by atomic mass is 16.4. The van der Waals surface area contributed by atoms with Crippen LogP contribution >= 0.6 is 0 Å². The number of hydrogen-bond acceptors (Lipinski definition) is 5. The van der Waals surface area contributed by atoms with Gasteiger partial charge in [-0.2, -0.15) is 0 Å². The van der Waals surface area contributed by atoms with Crippen molar-refractivity contribution in [3.63, 3.8) is 0 Å². The lowest BCUT2D eigenvalue weighted by Crippen LogP contribution is -2.26. The van der Waals surface area contributed by atoms with E-state index in [0.717, 1.165) is 0 Å². The van der Waals surface area contributed by atoms with E-state index in [0.29, 0.717) is 17.4 Å². The fourth-order valence-electron chi connectivity index (χ4n) is 1.37. The van der Waals surface area contributed by atoms with Gasteiger partial charge < -0.3 is 14.4 Å². The SMILES string of the molecule is CN(CC(=O)O)c1ccnc(-c2ccco2)n1. The van der Waals surface area contributed by atoms with Gasteiger partial charge in [0.2, 0.25) is 0 Å². The zero-order valence-corrected chi connectivity index (χ0v) is 9.20. The minimum absolute atomic E-state index is 0.116. The van der Waals surface area contributed by atoms with E-state index >= 15 is 0 Å². The molecule has 2 rings (SSSR count). The molecule has 2 aromatic heterocycles. The van der Waals surface area contributed by atoms with E-state index in [1.165, 1.54) is 11.2 Å². The first-order chi connectivity index (χ1) is 8.16. The number of carboxylic acid groups (broad SMARTS) is 1. The van der Waals surface area contributed by atoms with Crippen LogP contribution < -0.4 is 4.90 Å². The fourth-order valence-corrected chi connectivity index (χ4v) is 1.37. The Morgan fingerprint density at radius 1 is 1.53 bits per heavy atom. The number of carbonyl (C=O) groups is 1. The van der Waals surface area contributed by atoms with Crippen LogP contribution in [0.5, 0.6) is 0 Å². The van der Waals surface area contributed by atoms with Crippen molar-refractivity contribution < 1.29 is 14.3 Å². The number of aromatic nitrogens is 2. The topological polar surface area (TPSA) is 79.5 Å². The van der Waals surface area contributed by atoms with Gasteiger partial charge >= 0.3 is 5.97 Å². The summed E-state index contributed by atoms with van der Waals surface area (Å²) < 4.78 is 5.18. The minimum atomic E-state index is -0.911. The second-order valence-corrected chi connectivity index (χ2v) is 3.47. The van der Waals surface area contributed by atoms with Gasteiger partial charge in [0, 0.05) is 13.2 Å². The highest BCUT2D eigenvalue weighted by molar-refractivity contribution is 5.73. The smallest absolute Gasteiger partial charge is 0.323 e. The number of carboxylic acids is 1. The summed E-state index contributed by atoms with van der Waals surface area (Å²) in [7, 11) is 1.66. The van der Waals surface area contributed by atoms with E-state index in [1.54, 1.807) is 31.4 Å². The summed E-state index contributed by atoms with van der Waals surface area (Å²) in [4.78, 5) is 20.4. The monoisotopic (exact) mass is 233 g/mol. The van der Waals surface area contributed by atoms with Crippen molar-refractivity contribution in [1.82, 2.24) is 9.97 Å². The Balaban J connectivity index is 2.25. The van der Waals surface area contributed by atoms with E-state index in [-0.39, 0.29) is 6.54 Å². The van der Waals surface area contributed by atoms with Crippen molar-refractivity contribution in [2.45, 2.75) is 0 Å². The summed E-state index contributed by atoms with van der Waals surface area (Å²) in [6.07, 6.45) is 3.10. The molecular formula is C11H11N3O3. The van der Waals surface area contributed by atoms with Crippen LogP contribution in [0.15, 0.2) is 35.1 Å². The average Bonchev–Trinajstić information content (AvgIpc) is 2.82. The number of nitrogens with zero attached hydrogens (tertiary/aromatic N) is 3. The normalized spacial score (nSPS) is 10.2. The third-order valence-electron chi connectivity index (χ3n) is 2.15. The standard InChI is InChI=1S/C11H11N3O3/c1-14(7-10(15)16)9-4-5-12-11(13-9)8-3-2-6-17-8/h2-6H,7H2,1H3,(H,15,16). The van der Waals surface area contributed by atoms with Crippen LogP contribution in [0.3, 0.4) is 0 Å². The van der Waals surface area contributed by atoms with Crippen LogP contribution in [0.4, 0.5) is 5.82 Å². The van der Waals surface area contributed by atoms with Crippen LogP contribution in [0.2, 0.25) is 0 Å². The van der Waals surface area contributed by atoms with Crippen molar-refractivity contribution in [2.75, 3.05) is 18.5 Å². The predicted molar refractivity (Wildman–Crippen MR) is 60.6 cm³/mol. The van der Waals surface area contributed by atoms with Crippen LogP contribution in [0, 0.1) is 0 Å². The van der Waals surface area contributed by atoms with Crippen molar-refractivity contribution in [1.29, 1.82) is 0 Å². The van der Waals surface area contributed by atoms with E-state index in [1.807, 2.05) is 0 Å². The molecular weight excluding hydrogens is 222 g/mol. The summed E-state index contributed by atoms with van der Waals surface area (Å²) in [5.41, 5.74) is 0. The van der Waals surface area contributed by atoms with Gasteiger partial charge in [0.15, 0.2) is 11.6 Å². The molecule has 0 fully saturated rings. The molecule has 0 radical (unpaired) electrons. The van der Waals surface area contributed by atoms with Crippen molar-refractivity contribution in [2.24, 2.45) is 0 Å². The molecule has 1 N–H and O–H groups in total. The second kappa shape index (κ2) is 4.65. The average molecular weight is 233 g/mol. The van der Waals surface area contributed by atoms with Gasteiger partial charge in [-0.05, 0) is 18.2 Å². The lowest BCUT2D eigenvalue weighted by molar-refractivity contribution is -0.135. The summed E-state index contributed by atoms with van der Waals surface area (Å²) in [6, 6.07) is 5.14. The number of furan rings is 1. The maximum absolute atomic E-state index is 10.6. The molecule has 0 saturated heterocycles. The van der Waals surface area contributed by atoms with E-state index in [4.69, 9.17) is 9.52 Å².